The fourth-order valence-electron chi connectivity index (χ4n) is 2.45. The summed E-state index contributed by atoms with van der Waals surface area (Å²) >= 11 is 6.16. The average molecular weight is 356 g/mol. The Morgan fingerprint density at radius 3 is 2.72 bits per heavy atom. The van der Waals surface area contributed by atoms with E-state index in [0.717, 1.165) is 11.3 Å². The van der Waals surface area contributed by atoms with Crippen molar-refractivity contribution in [2.24, 2.45) is 0 Å². The normalized spacial score (nSPS) is 12.0. The van der Waals surface area contributed by atoms with Gasteiger partial charge in [0.05, 0.1) is 24.5 Å². The Balaban J connectivity index is 1.73. The highest BCUT2D eigenvalue weighted by Gasteiger charge is 2.22. The van der Waals surface area contributed by atoms with Crippen LogP contribution < -0.4 is 0 Å². The van der Waals surface area contributed by atoms with E-state index < -0.39 is 0 Å². The number of hydrogen-bond acceptors (Lipinski definition) is 4. The topological polar surface area (TPSA) is 63.9 Å². The third-order valence-electron chi connectivity index (χ3n) is 4.07. The van der Waals surface area contributed by atoms with Crippen LogP contribution in [0.1, 0.15) is 34.7 Å². The van der Waals surface area contributed by atoms with Gasteiger partial charge in [0.1, 0.15) is 0 Å². The summed E-state index contributed by atoms with van der Waals surface area (Å²) in [7, 11) is 1.73. The zero-order chi connectivity index (χ0) is 17.8. The van der Waals surface area contributed by atoms with Crippen molar-refractivity contribution in [3.63, 3.8) is 0 Å². The van der Waals surface area contributed by atoms with E-state index in [1.54, 1.807) is 29.0 Å². The quantitative estimate of drug-likeness (QED) is 0.705. The van der Waals surface area contributed by atoms with Crippen molar-refractivity contribution in [2.45, 2.75) is 19.5 Å². The van der Waals surface area contributed by atoms with E-state index >= 15 is 0 Å². The second-order valence-electron chi connectivity index (χ2n) is 5.74. The molecule has 3 aromatic rings. The maximum atomic E-state index is 12.6. The van der Waals surface area contributed by atoms with Crippen molar-refractivity contribution < 1.29 is 4.79 Å². The Labute approximate surface area is 151 Å². The van der Waals surface area contributed by atoms with Crippen LogP contribution in [0.5, 0.6) is 0 Å². The molecule has 3 rings (SSSR count). The zero-order valence-electron chi connectivity index (χ0n) is 14.0. The van der Waals surface area contributed by atoms with Crippen LogP contribution in [0, 0.1) is 0 Å². The molecule has 1 atom stereocenters. The Morgan fingerprint density at radius 2 is 2.00 bits per heavy atom. The second-order valence-corrected chi connectivity index (χ2v) is 6.15. The third-order valence-corrected chi connectivity index (χ3v) is 4.43. The molecule has 2 aromatic heterocycles. The minimum Gasteiger partial charge on any atom is -0.332 e. The van der Waals surface area contributed by atoms with Gasteiger partial charge >= 0.3 is 0 Å². The minimum absolute atomic E-state index is 0.164. The molecule has 0 aliphatic carbocycles. The molecule has 0 saturated carbocycles. The van der Waals surface area contributed by atoms with Crippen LogP contribution in [0.2, 0.25) is 5.02 Å². The summed E-state index contributed by atoms with van der Waals surface area (Å²) in [6.45, 7) is 2.38. The zero-order valence-corrected chi connectivity index (χ0v) is 14.8. The fourth-order valence-corrected chi connectivity index (χ4v) is 2.65. The van der Waals surface area contributed by atoms with E-state index in [2.05, 4.69) is 15.3 Å². The number of aromatic nitrogens is 4. The van der Waals surface area contributed by atoms with Gasteiger partial charge in [-0.05, 0) is 30.7 Å². The molecule has 0 radical (unpaired) electrons. The van der Waals surface area contributed by atoms with Crippen LogP contribution in [-0.2, 0) is 6.54 Å². The van der Waals surface area contributed by atoms with Gasteiger partial charge in [0.25, 0.3) is 5.91 Å². The largest absolute Gasteiger partial charge is 0.332 e. The predicted octanol–water partition coefficient (Wildman–Crippen LogP) is 3.21. The molecule has 1 amide bonds. The summed E-state index contributed by atoms with van der Waals surface area (Å²) in [5.41, 5.74) is 2.03. The van der Waals surface area contributed by atoms with Crippen molar-refractivity contribution >= 4 is 17.5 Å². The molecule has 6 nitrogen and oxygen atoms in total. The number of hydrogen-bond donors (Lipinski definition) is 0. The molecule has 1 aromatic carbocycles. The number of amides is 1. The van der Waals surface area contributed by atoms with Gasteiger partial charge in [-0.1, -0.05) is 41.1 Å². The van der Waals surface area contributed by atoms with Crippen LogP contribution in [0.25, 0.3) is 0 Å². The molecule has 25 heavy (non-hydrogen) atoms. The maximum absolute atomic E-state index is 12.6. The number of halogens is 1. The Kier molecular flexibility index (Phi) is 5.09. The van der Waals surface area contributed by atoms with Gasteiger partial charge in [-0.3, -0.25) is 9.78 Å². The van der Waals surface area contributed by atoms with Crippen LogP contribution in [0.4, 0.5) is 0 Å². The highest BCUT2D eigenvalue weighted by Crippen LogP contribution is 2.19. The number of rotatable bonds is 5. The Bertz CT molecular complexity index is 865. The fraction of sp³-hybridized carbons (Fsp3) is 0.222. The van der Waals surface area contributed by atoms with Gasteiger partial charge in [-0.2, -0.15) is 0 Å². The van der Waals surface area contributed by atoms with Gasteiger partial charge in [0.15, 0.2) is 5.69 Å². The summed E-state index contributed by atoms with van der Waals surface area (Å²) in [6, 6.07) is 13.0. The standard InChI is InChI=1S/C18H18ClN5O/c1-13(16-9-5-6-10-20-16)23(2)18(25)17-12-24(22-21-17)11-14-7-3-4-8-15(14)19/h3-10,12-13H,11H2,1-2H3/t13-/m0/s1. The lowest BCUT2D eigenvalue weighted by Gasteiger charge is -2.23. The minimum atomic E-state index is -0.205. The van der Waals surface area contributed by atoms with Gasteiger partial charge < -0.3 is 4.90 Å². The maximum Gasteiger partial charge on any atom is 0.276 e. The summed E-state index contributed by atoms with van der Waals surface area (Å²) in [5, 5.41) is 8.69. The van der Waals surface area contributed by atoms with Crippen LogP contribution in [-0.4, -0.2) is 37.8 Å². The van der Waals surface area contributed by atoms with E-state index in [0.29, 0.717) is 11.6 Å². The molecule has 0 N–H and O–H groups in total. The van der Waals surface area contributed by atoms with Crippen LogP contribution >= 0.6 is 11.6 Å². The molecule has 0 bridgehead atoms. The van der Waals surface area contributed by atoms with E-state index in [1.165, 1.54) is 0 Å². The van der Waals surface area contributed by atoms with Gasteiger partial charge in [-0.15, -0.1) is 5.10 Å². The first kappa shape index (κ1) is 17.1. The SMILES string of the molecule is C[C@@H](c1ccccn1)N(C)C(=O)c1cn(Cc2ccccc2Cl)nn1. The number of benzene rings is 1. The molecule has 2 heterocycles. The molecule has 7 heteroatoms. The second kappa shape index (κ2) is 7.44. The van der Waals surface area contributed by atoms with E-state index in [1.807, 2.05) is 49.4 Å². The lowest BCUT2D eigenvalue weighted by molar-refractivity contribution is 0.0733. The van der Waals surface area contributed by atoms with Gasteiger partial charge in [0, 0.05) is 18.3 Å². The summed E-state index contributed by atoms with van der Waals surface area (Å²) in [6.07, 6.45) is 3.34. The number of nitrogens with zero attached hydrogens (tertiary/aromatic N) is 5. The first-order valence-corrected chi connectivity index (χ1v) is 8.25. The lowest BCUT2D eigenvalue weighted by atomic mass is 10.2. The Morgan fingerprint density at radius 1 is 1.24 bits per heavy atom. The smallest absolute Gasteiger partial charge is 0.276 e. The predicted molar refractivity (Wildman–Crippen MR) is 95.3 cm³/mol. The first-order valence-electron chi connectivity index (χ1n) is 7.88. The van der Waals surface area contributed by atoms with Crippen LogP contribution in [0.3, 0.4) is 0 Å². The highest BCUT2D eigenvalue weighted by molar-refractivity contribution is 6.31. The molecule has 128 valence electrons. The van der Waals surface area contributed by atoms with Crippen molar-refractivity contribution in [3.05, 3.63) is 76.8 Å². The molecule has 0 aliphatic heterocycles. The van der Waals surface area contributed by atoms with Crippen molar-refractivity contribution in [3.8, 4) is 0 Å². The average Bonchev–Trinajstić information content (AvgIpc) is 3.11. The molecule has 0 spiro atoms. The van der Waals surface area contributed by atoms with E-state index in [9.17, 15) is 4.79 Å². The van der Waals surface area contributed by atoms with E-state index in [4.69, 9.17) is 11.6 Å². The molecular weight excluding hydrogens is 338 g/mol. The van der Waals surface area contributed by atoms with Gasteiger partial charge in [-0.25, -0.2) is 4.68 Å². The molecule has 0 unspecified atom stereocenters. The summed E-state index contributed by atoms with van der Waals surface area (Å²) in [5.74, 6) is -0.205. The molecule has 0 saturated heterocycles. The van der Waals surface area contributed by atoms with E-state index in [-0.39, 0.29) is 17.6 Å². The molecule has 0 aliphatic rings. The van der Waals surface area contributed by atoms with Gasteiger partial charge in [0.2, 0.25) is 0 Å². The third kappa shape index (κ3) is 3.85. The summed E-state index contributed by atoms with van der Waals surface area (Å²) in [4.78, 5) is 18.5. The lowest BCUT2D eigenvalue weighted by Crippen LogP contribution is -2.30. The summed E-state index contributed by atoms with van der Waals surface area (Å²) < 4.78 is 1.60. The highest BCUT2D eigenvalue weighted by atomic mass is 35.5. The number of pyridine rings is 1. The first-order chi connectivity index (χ1) is 12.1. The van der Waals surface area contributed by atoms with Crippen molar-refractivity contribution in [1.82, 2.24) is 24.9 Å². The molecule has 0 fully saturated rings. The number of carbonyl (C=O) groups excluding carboxylic acids is 1. The monoisotopic (exact) mass is 355 g/mol. The Hall–Kier alpha value is -2.73. The number of carbonyl (C=O) groups is 1. The van der Waals surface area contributed by atoms with Crippen molar-refractivity contribution in [1.29, 1.82) is 0 Å². The van der Waals surface area contributed by atoms with Crippen molar-refractivity contribution in [2.75, 3.05) is 7.05 Å². The van der Waals surface area contributed by atoms with Crippen LogP contribution in [0.15, 0.2) is 54.9 Å². The molecular formula is C18H18ClN5O.